The molecule has 2 aromatic carbocycles. The number of H-pyrrole nitrogens is 1. The van der Waals surface area contributed by atoms with Crippen LogP contribution in [-0.4, -0.2) is 48.1 Å². The Balaban J connectivity index is 1.58. The number of methoxy groups -OCH3 is 2. The highest BCUT2D eigenvalue weighted by Gasteiger charge is 2.28. The Morgan fingerprint density at radius 3 is 2.61 bits per heavy atom. The first-order valence-corrected chi connectivity index (χ1v) is 10.1. The van der Waals surface area contributed by atoms with Crippen molar-refractivity contribution in [2.24, 2.45) is 0 Å². The average molecular weight is 444 g/mol. The number of halogens is 1. The Bertz CT molecular complexity index is 959. The van der Waals surface area contributed by atoms with Gasteiger partial charge in [0.25, 0.3) is 5.91 Å². The number of nitrogens with one attached hydrogen (secondary N) is 1. The van der Waals surface area contributed by atoms with Crippen LogP contribution in [-0.2, 0) is 0 Å². The first-order valence-electron chi connectivity index (χ1n) is 9.26. The van der Waals surface area contributed by atoms with E-state index in [1.54, 1.807) is 26.4 Å². The zero-order chi connectivity index (χ0) is 19.7. The smallest absolute Gasteiger partial charge is 0.254 e. The summed E-state index contributed by atoms with van der Waals surface area (Å²) < 4.78 is 11.5. The zero-order valence-corrected chi connectivity index (χ0v) is 17.5. The largest absolute Gasteiger partial charge is 0.495 e. The minimum atomic E-state index is -0.0232. The Labute approximate surface area is 172 Å². The number of nitrogens with zero attached hydrogens (tertiary/aromatic N) is 2. The second kappa shape index (κ2) is 7.83. The van der Waals surface area contributed by atoms with Gasteiger partial charge in [0, 0.05) is 24.6 Å². The Kier molecular flexibility index (Phi) is 5.26. The van der Waals surface area contributed by atoms with Crippen LogP contribution in [0.15, 0.2) is 40.9 Å². The number of likely N-dealkylation sites (tertiary alicyclic amines) is 1. The lowest BCUT2D eigenvalue weighted by atomic mass is 9.96. The molecule has 1 aliphatic heterocycles. The number of hydrogen-bond acceptors (Lipinski definition) is 4. The van der Waals surface area contributed by atoms with Gasteiger partial charge in [-0.2, -0.15) is 0 Å². The molecule has 1 aromatic heterocycles. The topological polar surface area (TPSA) is 67.5 Å². The van der Waals surface area contributed by atoms with Crippen molar-refractivity contribution in [3.05, 3.63) is 52.3 Å². The molecule has 2 heterocycles. The van der Waals surface area contributed by atoms with Crippen LogP contribution >= 0.6 is 15.9 Å². The van der Waals surface area contributed by atoms with Gasteiger partial charge < -0.3 is 19.4 Å². The van der Waals surface area contributed by atoms with Crippen LogP contribution in [0.25, 0.3) is 11.0 Å². The number of aromatic amines is 1. The van der Waals surface area contributed by atoms with Gasteiger partial charge in [0.05, 0.1) is 25.3 Å². The zero-order valence-electron chi connectivity index (χ0n) is 15.9. The third-order valence-corrected chi connectivity index (χ3v) is 5.98. The van der Waals surface area contributed by atoms with Crippen LogP contribution in [0.1, 0.15) is 34.9 Å². The normalized spacial score (nSPS) is 17.0. The molecule has 4 rings (SSSR count). The van der Waals surface area contributed by atoms with Gasteiger partial charge in [0.1, 0.15) is 21.8 Å². The summed E-state index contributed by atoms with van der Waals surface area (Å²) in [5.74, 6) is 2.28. The lowest BCUT2D eigenvalue weighted by Crippen LogP contribution is -2.39. The lowest BCUT2D eigenvalue weighted by Gasteiger charge is -2.32. The van der Waals surface area contributed by atoms with Crippen LogP contribution < -0.4 is 9.47 Å². The van der Waals surface area contributed by atoms with Gasteiger partial charge in [-0.15, -0.1) is 0 Å². The number of amides is 1. The van der Waals surface area contributed by atoms with Gasteiger partial charge in [0.2, 0.25) is 0 Å². The highest BCUT2D eigenvalue weighted by Crippen LogP contribution is 2.36. The van der Waals surface area contributed by atoms with Crippen molar-refractivity contribution < 1.29 is 14.3 Å². The van der Waals surface area contributed by atoms with Crippen molar-refractivity contribution in [2.45, 2.75) is 18.8 Å². The van der Waals surface area contributed by atoms with Crippen molar-refractivity contribution in [1.82, 2.24) is 14.9 Å². The molecular weight excluding hydrogens is 422 g/mol. The number of ether oxygens (including phenoxy) is 2. The maximum absolute atomic E-state index is 13.2. The van der Waals surface area contributed by atoms with E-state index in [1.165, 1.54) is 0 Å². The maximum atomic E-state index is 13.2. The Morgan fingerprint density at radius 2 is 1.93 bits per heavy atom. The van der Waals surface area contributed by atoms with Crippen molar-refractivity contribution >= 4 is 32.9 Å². The fraction of sp³-hybridized carbons (Fsp3) is 0.333. The van der Waals surface area contributed by atoms with Gasteiger partial charge in [-0.1, -0.05) is 12.1 Å². The molecule has 3 aromatic rings. The van der Waals surface area contributed by atoms with E-state index in [4.69, 9.17) is 14.5 Å². The van der Waals surface area contributed by atoms with Crippen LogP contribution in [0.2, 0.25) is 0 Å². The van der Waals surface area contributed by atoms with Gasteiger partial charge in [-0.05, 0) is 53.0 Å². The molecule has 0 spiro atoms. The highest BCUT2D eigenvalue weighted by molar-refractivity contribution is 9.10. The summed E-state index contributed by atoms with van der Waals surface area (Å²) in [5, 5.41) is 0. The molecule has 6 nitrogen and oxygen atoms in total. The highest BCUT2D eigenvalue weighted by atomic mass is 79.9. The monoisotopic (exact) mass is 443 g/mol. The average Bonchev–Trinajstić information content (AvgIpc) is 3.18. The number of piperidine rings is 1. The number of carbonyl (C=O) groups excluding carboxylic acids is 1. The second-order valence-corrected chi connectivity index (χ2v) is 7.72. The molecule has 1 aliphatic rings. The molecule has 0 aliphatic carbocycles. The molecule has 0 bridgehead atoms. The SMILES string of the molecule is COc1cc(C(=O)N2CCCC(c3nc4ccccc4[nH]3)C2)cc(OC)c1Br. The summed E-state index contributed by atoms with van der Waals surface area (Å²) in [7, 11) is 3.15. The number of imidazole rings is 1. The number of para-hydroxylation sites is 2. The molecule has 1 unspecified atom stereocenters. The molecule has 0 radical (unpaired) electrons. The number of rotatable bonds is 4. The molecule has 146 valence electrons. The third-order valence-electron chi connectivity index (χ3n) is 5.20. The molecule has 0 saturated carbocycles. The summed E-state index contributed by atoms with van der Waals surface area (Å²) in [5.41, 5.74) is 2.55. The molecule has 1 fully saturated rings. The molecule has 28 heavy (non-hydrogen) atoms. The molecule has 1 saturated heterocycles. The standard InChI is InChI=1S/C21H22BrN3O3/c1-27-17-10-14(11-18(28-2)19(17)22)21(26)25-9-5-6-13(12-25)20-23-15-7-3-4-8-16(15)24-20/h3-4,7-8,10-11,13H,5-6,9,12H2,1-2H3,(H,23,24). The Hall–Kier alpha value is -2.54. The molecule has 1 atom stereocenters. The second-order valence-electron chi connectivity index (χ2n) is 6.92. The lowest BCUT2D eigenvalue weighted by molar-refractivity contribution is 0.0704. The summed E-state index contributed by atoms with van der Waals surface area (Å²) in [6, 6.07) is 11.5. The fourth-order valence-corrected chi connectivity index (χ4v) is 4.28. The van der Waals surface area contributed by atoms with Crippen LogP contribution in [0.3, 0.4) is 0 Å². The van der Waals surface area contributed by atoms with Crippen molar-refractivity contribution in [2.75, 3.05) is 27.3 Å². The fourth-order valence-electron chi connectivity index (χ4n) is 3.73. The predicted molar refractivity (Wildman–Crippen MR) is 111 cm³/mol. The van der Waals surface area contributed by atoms with Crippen molar-refractivity contribution in [3.8, 4) is 11.5 Å². The van der Waals surface area contributed by atoms with Crippen LogP contribution in [0, 0.1) is 0 Å². The first kappa shape index (κ1) is 18.8. The van der Waals surface area contributed by atoms with E-state index >= 15 is 0 Å². The van der Waals surface area contributed by atoms with Crippen LogP contribution in [0.5, 0.6) is 11.5 Å². The summed E-state index contributed by atoms with van der Waals surface area (Å²) >= 11 is 3.45. The first-order chi connectivity index (χ1) is 13.6. The van der Waals surface area contributed by atoms with E-state index in [1.807, 2.05) is 29.2 Å². The van der Waals surface area contributed by atoms with Crippen molar-refractivity contribution in [3.63, 3.8) is 0 Å². The number of fused-ring (bicyclic) bond motifs is 1. The van der Waals surface area contributed by atoms with Gasteiger partial charge in [0.15, 0.2) is 0 Å². The van der Waals surface area contributed by atoms with E-state index in [0.29, 0.717) is 28.1 Å². The van der Waals surface area contributed by atoms with E-state index in [2.05, 4.69) is 20.9 Å². The summed E-state index contributed by atoms with van der Waals surface area (Å²) in [6.45, 7) is 1.37. The number of benzene rings is 2. The number of carbonyl (C=O) groups is 1. The third kappa shape index (κ3) is 3.46. The van der Waals surface area contributed by atoms with E-state index in [-0.39, 0.29) is 11.8 Å². The predicted octanol–water partition coefficient (Wildman–Crippen LogP) is 4.36. The van der Waals surface area contributed by atoms with E-state index in [0.717, 1.165) is 36.2 Å². The minimum Gasteiger partial charge on any atom is -0.495 e. The number of hydrogen-bond donors (Lipinski definition) is 1. The van der Waals surface area contributed by atoms with Crippen molar-refractivity contribution in [1.29, 1.82) is 0 Å². The van der Waals surface area contributed by atoms with E-state index < -0.39 is 0 Å². The maximum Gasteiger partial charge on any atom is 0.254 e. The summed E-state index contributed by atoms with van der Waals surface area (Å²) in [4.78, 5) is 23.2. The van der Waals surface area contributed by atoms with Gasteiger partial charge in [-0.25, -0.2) is 4.98 Å². The summed E-state index contributed by atoms with van der Waals surface area (Å²) in [6.07, 6.45) is 1.95. The number of aromatic nitrogens is 2. The quantitative estimate of drug-likeness (QED) is 0.650. The van der Waals surface area contributed by atoms with E-state index in [9.17, 15) is 4.79 Å². The molecule has 1 N–H and O–H groups in total. The van der Waals surface area contributed by atoms with Crippen LogP contribution in [0.4, 0.5) is 0 Å². The minimum absolute atomic E-state index is 0.0232. The molecule has 7 heteroatoms. The Morgan fingerprint density at radius 1 is 1.21 bits per heavy atom. The van der Waals surface area contributed by atoms with Gasteiger partial charge in [-0.3, -0.25) is 4.79 Å². The molecule has 1 amide bonds. The van der Waals surface area contributed by atoms with Gasteiger partial charge >= 0.3 is 0 Å². The molecular formula is C21H22BrN3O3.